The van der Waals surface area contributed by atoms with Crippen molar-refractivity contribution in [2.24, 2.45) is 11.7 Å². The topological polar surface area (TPSA) is 80.4 Å². The molecule has 0 aromatic heterocycles. The second kappa shape index (κ2) is 4.90. The highest BCUT2D eigenvalue weighted by atomic mass is 16.4. The van der Waals surface area contributed by atoms with Crippen LogP contribution in [0.25, 0.3) is 0 Å². The van der Waals surface area contributed by atoms with Crippen LogP contribution in [0.3, 0.4) is 0 Å². The molecule has 1 aromatic carbocycles. The fourth-order valence-corrected chi connectivity index (χ4v) is 1.47. The first kappa shape index (κ1) is 12.4. The number of nitrogens with two attached hydrogens (primary N) is 1. The van der Waals surface area contributed by atoms with E-state index in [9.17, 15) is 9.59 Å². The van der Waals surface area contributed by atoms with Crippen molar-refractivity contribution in [3.8, 4) is 0 Å². The Hall–Kier alpha value is -1.68. The van der Waals surface area contributed by atoms with Gasteiger partial charge in [-0.25, -0.2) is 0 Å². The van der Waals surface area contributed by atoms with E-state index in [0.29, 0.717) is 5.56 Å². The summed E-state index contributed by atoms with van der Waals surface area (Å²) in [4.78, 5) is 22.8. The molecule has 0 radical (unpaired) electrons. The number of Topliss-reactive ketones (excluding diaryl/α,β-unsaturated/α-hetero) is 1. The summed E-state index contributed by atoms with van der Waals surface area (Å²) in [6.45, 7) is 3.42. The number of carbonyl (C=O) groups is 2. The molecule has 2 unspecified atom stereocenters. The van der Waals surface area contributed by atoms with Crippen LogP contribution in [0.1, 0.15) is 22.8 Å². The zero-order chi connectivity index (χ0) is 12.3. The zero-order valence-corrected chi connectivity index (χ0v) is 9.31. The number of hydrogen-bond donors (Lipinski definition) is 2. The number of ketones is 1. The lowest BCUT2D eigenvalue weighted by Gasteiger charge is -2.14. The molecule has 0 fully saturated rings. The molecule has 0 aliphatic carbocycles. The van der Waals surface area contributed by atoms with Gasteiger partial charge in [0.15, 0.2) is 5.78 Å². The fourth-order valence-electron chi connectivity index (χ4n) is 1.47. The minimum Gasteiger partial charge on any atom is -0.481 e. The molecule has 2 atom stereocenters. The summed E-state index contributed by atoms with van der Waals surface area (Å²) in [6.07, 6.45) is 0. The van der Waals surface area contributed by atoms with Gasteiger partial charge >= 0.3 is 5.97 Å². The molecule has 4 nitrogen and oxygen atoms in total. The SMILES string of the molecule is Cc1ccc(C(=O)C(C(=O)O)C(C)N)cc1. The number of carboxylic acid groups (broad SMARTS) is 1. The number of rotatable bonds is 4. The van der Waals surface area contributed by atoms with Crippen molar-refractivity contribution in [2.75, 3.05) is 0 Å². The van der Waals surface area contributed by atoms with Gasteiger partial charge in [0.2, 0.25) is 0 Å². The largest absolute Gasteiger partial charge is 0.481 e. The van der Waals surface area contributed by atoms with Crippen molar-refractivity contribution in [1.82, 2.24) is 0 Å². The van der Waals surface area contributed by atoms with Gasteiger partial charge in [0.25, 0.3) is 0 Å². The number of carbonyl (C=O) groups excluding carboxylic acids is 1. The highest BCUT2D eigenvalue weighted by Gasteiger charge is 2.30. The third-order valence-corrected chi connectivity index (χ3v) is 2.41. The zero-order valence-electron chi connectivity index (χ0n) is 9.31. The molecule has 1 aromatic rings. The van der Waals surface area contributed by atoms with Crippen molar-refractivity contribution in [1.29, 1.82) is 0 Å². The lowest BCUT2D eigenvalue weighted by molar-refractivity contribution is -0.140. The minimum atomic E-state index is -1.18. The van der Waals surface area contributed by atoms with Crippen LogP contribution in [0.4, 0.5) is 0 Å². The highest BCUT2D eigenvalue weighted by Crippen LogP contribution is 2.13. The van der Waals surface area contributed by atoms with E-state index in [1.165, 1.54) is 6.92 Å². The normalized spacial score (nSPS) is 14.2. The Morgan fingerprint density at radius 1 is 1.25 bits per heavy atom. The van der Waals surface area contributed by atoms with Gasteiger partial charge in [-0.3, -0.25) is 9.59 Å². The monoisotopic (exact) mass is 221 g/mol. The van der Waals surface area contributed by atoms with Crippen molar-refractivity contribution in [3.05, 3.63) is 35.4 Å². The van der Waals surface area contributed by atoms with E-state index in [2.05, 4.69) is 0 Å². The number of carboxylic acids is 1. The first-order chi connectivity index (χ1) is 7.43. The number of hydrogen-bond acceptors (Lipinski definition) is 3. The maximum absolute atomic E-state index is 11.9. The molecule has 16 heavy (non-hydrogen) atoms. The molecular weight excluding hydrogens is 206 g/mol. The summed E-state index contributed by atoms with van der Waals surface area (Å²) in [5, 5.41) is 8.93. The van der Waals surface area contributed by atoms with Crippen molar-refractivity contribution in [3.63, 3.8) is 0 Å². The molecule has 0 aliphatic rings. The molecular formula is C12H15NO3. The van der Waals surface area contributed by atoms with Gasteiger partial charge in [-0.05, 0) is 13.8 Å². The second-order valence-electron chi connectivity index (χ2n) is 3.91. The Morgan fingerprint density at radius 3 is 2.12 bits per heavy atom. The summed E-state index contributed by atoms with van der Waals surface area (Å²) in [7, 11) is 0. The summed E-state index contributed by atoms with van der Waals surface area (Å²) < 4.78 is 0. The number of aliphatic carboxylic acids is 1. The van der Waals surface area contributed by atoms with Gasteiger partial charge < -0.3 is 10.8 Å². The Kier molecular flexibility index (Phi) is 3.79. The molecule has 0 aliphatic heterocycles. The molecule has 0 amide bonds. The first-order valence-electron chi connectivity index (χ1n) is 5.02. The summed E-state index contributed by atoms with van der Waals surface area (Å²) in [6, 6.07) is 6.08. The predicted molar refractivity (Wildman–Crippen MR) is 60.3 cm³/mol. The summed E-state index contributed by atoms with van der Waals surface area (Å²) in [5.74, 6) is -2.80. The standard InChI is InChI=1S/C12H15NO3/c1-7-3-5-9(6-4-7)11(14)10(8(2)13)12(15)16/h3-6,8,10H,13H2,1-2H3,(H,15,16). The van der Waals surface area contributed by atoms with E-state index in [1.54, 1.807) is 24.3 Å². The van der Waals surface area contributed by atoms with Crippen LogP contribution in [0, 0.1) is 12.8 Å². The highest BCUT2D eigenvalue weighted by molar-refractivity contribution is 6.08. The lowest BCUT2D eigenvalue weighted by atomic mass is 9.92. The molecule has 4 heteroatoms. The smallest absolute Gasteiger partial charge is 0.316 e. The second-order valence-corrected chi connectivity index (χ2v) is 3.91. The van der Waals surface area contributed by atoms with E-state index in [1.807, 2.05) is 6.92 Å². The van der Waals surface area contributed by atoms with Gasteiger partial charge in [-0.2, -0.15) is 0 Å². The van der Waals surface area contributed by atoms with Crippen LogP contribution in [0.15, 0.2) is 24.3 Å². The van der Waals surface area contributed by atoms with Crippen LogP contribution in [0.2, 0.25) is 0 Å². The third kappa shape index (κ3) is 2.67. The third-order valence-electron chi connectivity index (χ3n) is 2.41. The van der Waals surface area contributed by atoms with Crippen LogP contribution in [-0.4, -0.2) is 22.9 Å². The molecule has 0 heterocycles. The van der Waals surface area contributed by atoms with Crippen molar-refractivity contribution in [2.45, 2.75) is 19.9 Å². The molecule has 0 bridgehead atoms. The minimum absolute atomic E-state index is 0.385. The van der Waals surface area contributed by atoms with E-state index in [4.69, 9.17) is 10.8 Å². The molecule has 86 valence electrons. The van der Waals surface area contributed by atoms with Gasteiger partial charge in [-0.15, -0.1) is 0 Å². The van der Waals surface area contributed by atoms with Crippen molar-refractivity contribution >= 4 is 11.8 Å². The average molecular weight is 221 g/mol. The Balaban J connectivity index is 2.99. The van der Waals surface area contributed by atoms with Crippen LogP contribution < -0.4 is 5.73 Å². The van der Waals surface area contributed by atoms with Gasteiger partial charge in [-0.1, -0.05) is 29.8 Å². The molecule has 0 saturated heterocycles. The maximum atomic E-state index is 11.9. The maximum Gasteiger partial charge on any atom is 0.316 e. The predicted octanol–water partition coefficient (Wildman–Crippen LogP) is 1.23. The van der Waals surface area contributed by atoms with Crippen molar-refractivity contribution < 1.29 is 14.7 Å². The summed E-state index contributed by atoms with van der Waals surface area (Å²) in [5.41, 5.74) is 6.91. The van der Waals surface area contributed by atoms with Gasteiger partial charge in [0.1, 0.15) is 5.92 Å². The van der Waals surface area contributed by atoms with E-state index >= 15 is 0 Å². The van der Waals surface area contributed by atoms with E-state index < -0.39 is 23.7 Å². The fraction of sp³-hybridized carbons (Fsp3) is 0.333. The molecule has 0 spiro atoms. The Morgan fingerprint density at radius 2 is 1.75 bits per heavy atom. The molecule has 1 rings (SSSR count). The van der Waals surface area contributed by atoms with Crippen LogP contribution in [0.5, 0.6) is 0 Å². The van der Waals surface area contributed by atoms with E-state index in [0.717, 1.165) is 5.56 Å². The van der Waals surface area contributed by atoms with Gasteiger partial charge in [0, 0.05) is 11.6 Å². The Labute approximate surface area is 94.1 Å². The average Bonchev–Trinajstić information content (AvgIpc) is 2.17. The quantitative estimate of drug-likeness (QED) is 0.592. The summed E-state index contributed by atoms with van der Waals surface area (Å²) >= 11 is 0. The number of benzene rings is 1. The Bertz CT molecular complexity index is 395. The van der Waals surface area contributed by atoms with Crippen LogP contribution in [-0.2, 0) is 4.79 Å². The lowest BCUT2D eigenvalue weighted by Crippen LogP contribution is -2.38. The molecule has 3 N–H and O–H groups in total. The van der Waals surface area contributed by atoms with E-state index in [-0.39, 0.29) is 0 Å². The first-order valence-corrected chi connectivity index (χ1v) is 5.02. The molecule has 0 saturated carbocycles. The number of aryl methyl sites for hydroxylation is 1. The van der Waals surface area contributed by atoms with Crippen LogP contribution >= 0.6 is 0 Å². The van der Waals surface area contributed by atoms with Gasteiger partial charge in [0.05, 0.1) is 0 Å².